The lowest BCUT2D eigenvalue weighted by atomic mass is 10.1. The first-order valence-corrected chi connectivity index (χ1v) is 7.34. The van der Waals surface area contributed by atoms with E-state index in [-0.39, 0.29) is 0 Å². The largest absolute Gasteiger partial charge is 0.497 e. The molecule has 23 heavy (non-hydrogen) atoms. The third-order valence-electron chi connectivity index (χ3n) is 3.28. The Morgan fingerprint density at radius 1 is 0.957 bits per heavy atom. The first-order chi connectivity index (χ1) is 11.1. The lowest BCUT2D eigenvalue weighted by molar-refractivity contribution is 0.415. The summed E-state index contributed by atoms with van der Waals surface area (Å²) in [6, 6.07) is 17.7. The summed E-state index contributed by atoms with van der Waals surface area (Å²) in [7, 11) is 1.60. The highest BCUT2D eigenvalue weighted by atomic mass is 35.5. The van der Waals surface area contributed by atoms with Gasteiger partial charge in [-0.15, -0.1) is 0 Å². The van der Waals surface area contributed by atoms with Gasteiger partial charge in [0, 0.05) is 34.1 Å². The van der Waals surface area contributed by atoms with E-state index >= 15 is 0 Å². The van der Waals surface area contributed by atoms with Crippen molar-refractivity contribution in [1.29, 1.82) is 0 Å². The zero-order valence-corrected chi connectivity index (χ0v) is 13.1. The van der Waals surface area contributed by atoms with Crippen molar-refractivity contribution in [2.75, 3.05) is 12.4 Å². The zero-order chi connectivity index (χ0) is 16.2. The molecule has 5 heteroatoms. The van der Waals surface area contributed by atoms with Gasteiger partial charge in [0.15, 0.2) is 0 Å². The maximum absolute atomic E-state index is 11.8. The number of methoxy groups -OCH3 is 1. The van der Waals surface area contributed by atoms with Crippen LogP contribution >= 0.6 is 11.6 Å². The molecule has 0 spiro atoms. The Morgan fingerprint density at radius 2 is 1.65 bits per heavy atom. The third-order valence-corrected chi connectivity index (χ3v) is 3.53. The molecule has 0 saturated carbocycles. The summed E-state index contributed by atoms with van der Waals surface area (Å²) in [5, 5.41) is 3.82. The number of halogens is 1. The fraction of sp³-hybridized carbons (Fsp3) is 0.0556. The average molecular weight is 328 g/mol. The minimum absolute atomic E-state index is 0.421. The summed E-state index contributed by atoms with van der Waals surface area (Å²) in [4.78, 5) is 11.8. The van der Waals surface area contributed by atoms with E-state index in [1.54, 1.807) is 25.3 Å². The van der Waals surface area contributed by atoms with Gasteiger partial charge in [-0.2, -0.15) is 0 Å². The van der Waals surface area contributed by atoms with Crippen LogP contribution in [0, 0.1) is 0 Å². The summed E-state index contributed by atoms with van der Waals surface area (Å²) < 4.78 is 10.4. The Bertz CT molecular complexity index is 855. The van der Waals surface area contributed by atoms with Crippen LogP contribution in [0.1, 0.15) is 0 Å². The van der Waals surface area contributed by atoms with Crippen LogP contribution in [0.25, 0.3) is 11.3 Å². The topological polar surface area (TPSA) is 51.5 Å². The number of anilines is 2. The number of benzene rings is 2. The van der Waals surface area contributed by atoms with Crippen LogP contribution in [0.3, 0.4) is 0 Å². The second kappa shape index (κ2) is 6.58. The Hall–Kier alpha value is -2.72. The molecule has 1 N–H and O–H groups in total. The number of hydrogen-bond acceptors (Lipinski definition) is 4. The van der Waals surface area contributed by atoms with E-state index in [0.717, 1.165) is 17.0 Å². The van der Waals surface area contributed by atoms with Crippen molar-refractivity contribution in [3.05, 3.63) is 76.1 Å². The van der Waals surface area contributed by atoms with Crippen molar-refractivity contribution in [2.24, 2.45) is 0 Å². The van der Waals surface area contributed by atoms with E-state index in [2.05, 4.69) is 5.32 Å². The molecule has 116 valence electrons. The molecule has 4 nitrogen and oxygen atoms in total. The van der Waals surface area contributed by atoms with Crippen molar-refractivity contribution in [1.82, 2.24) is 0 Å². The summed E-state index contributed by atoms with van der Waals surface area (Å²) in [6.07, 6.45) is 0. The summed E-state index contributed by atoms with van der Waals surface area (Å²) >= 11 is 5.87. The van der Waals surface area contributed by atoms with Gasteiger partial charge in [0.2, 0.25) is 0 Å². The SMILES string of the molecule is COc1ccc(-c2cc(Nc3ccc(Cl)cc3)cc(=O)o2)cc1. The zero-order valence-electron chi connectivity index (χ0n) is 12.4. The van der Waals surface area contributed by atoms with Crippen LogP contribution in [0.4, 0.5) is 11.4 Å². The van der Waals surface area contributed by atoms with Gasteiger partial charge in [-0.1, -0.05) is 11.6 Å². The molecular formula is C18H14ClNO3. The molecule has 0 radical (unpaired) electrons. The van der Waals surface area contributed by atoms with E-state index in [9.17, 15) is 4.79 Å². The summed E-state index contributed by atoms with van der Waals surface area (Å²) in [6.45, 7) is 0. The van der Waals surface area contributed by atoms with Gasteiger partial charge in [-0.3, -0.25) is 0 Å². The van der Waals surface area contributed by atoms with Crippen LogP contribution in [0.5, 0.6) is 5.75 Å². The molecule has 0 fully saturated rings. The first kappa shape index (κ1) is 15.2. The molecule has 0 aliphatic heterocycles. The van der Waals surface area contributed by atoms with Gasteiger partial charge >= 0.3 is 5.63 Å². The molecule has 2 aromatic carbocycles. The van der Waals surface area contributed by atoms with Crippen molar-refractivity contribution in [3.63, 3.8) is 0 Å². The average Bonchev–Trinajstić information content (AvgIpc) is 2.56. The van der Waals surface area contributed by atoms with Gasteiger partial charge in [0.05, 0.1) is 7.11 Å². The Balaban J connectivity index is 1.91. The Labute approximate surface area is 138 Å². The summed E-state index contributed by atoms with van der Waals surface area (Å²) in [5.41, 5.74) is 1.85. The lowest BCUT2D eigenvalue weighted by Gasteiger charge is -2.08. The number of hydrogen-bond donors (Lipinski definition) is 1. The highest BCUT2D eigenvalue weighted by Gasteiger charge is 2.06. The van der Waals surface area contributed by atoms with E-state index in [1.165, 1.54) is 6.07 Å². The minimum Gasteiger partial charge on any atom is -0.497 e. The molecule has 0 bridgehead atoms. The predicted molar refractivity (Wildman–Crippen MR) is 91.7 cm³/mol. The monoisotopic (exact) mass is 327 g/mol. The number of nitrogens with one attached hydrogen (secondary N) is 1. The fourth-order valence-electron chi connectivity index (χ4n) is 2.15. The van der Waals surface area contributed by atoms with Gasteiger partial charge in [-0.25, -0.2) is 4.79 Å². The van der Waals surface area contributed by atoms with Crippen molar-refractivity contribution >= 4 is 23.0 Å². The second-order valence-corrected chi connectivity index (χ2v) is 5.33. The van der Waals surface area contributed by atoms with Crippen molar-refractivity contribution in [2.45, 2.75) is 0 Å². The molecule has 0 aliphatic carbocycles. The Kier molecular flexibility index (Phi) is 4.35. The van der Waals surface area contributed by atoms with E-state index in [1.807, 2.05) is 36.4 Å². The third kappa shape index (κ3) is 3.73. The van der Waals surface area contributed by atoms with Crippen molar-refractivity contribution in [3.8, 4) is 17.1 Å². The van der Waals surface area contributed by atoms with Crippen LogP contribution < -0.4 is 15.7 Å². The molecular weight excluding hydrogens is 314 g/mol. The maximum Gasteiger partial charge on any atom is 0.338 e. The molecule has 0 amide bonds. The quantitative estimate of drug-likeness (QED) is 0.753. The lowest BCUT2D eigenvalue weighted by Crippen LogP contribution is -2.01. The highest BCUT2D eigenvalue weighted by molar-refractivity contribution is 6.30. The van der Waals surface area contributed by atoms with Gasteiger partial charge in [0.1, 0.15) is 11.5 Å². The van der Waals surface area contributed by atoms with Gasteiger partial charge in [0.25, 0.3) is 0 Å². The fourth-order valence-corrected chi connectivity index (χ4v) is 2.27. The molecule has 3 aromatic rings. The van der Waals surface area contributed by atoms with Crippen molar-refractivity contribution < 1.29 is 9.15 Å². The molecule has 0 unspecified atom stereocenters. The number of rotatable bonds is 4. The normalized spacial score (nSPS) is 10.3. The van der Waals surface area contributed by atoms with E-state index in [4.69, 9.17) is 20.8 Å². The molecule has 3 rings (SSSR count). The molecule has 0 aliphatic rings. The minimum atomic E-state index is -0.421. The molecule has 0 atom stereocenters. The first-order valence-electron chi connectivity index (χ1n) is 6.96. The van der Waals surface area contributed by atoms with E-state index < -0.39 is 5.63 Å². The van der Waals surface area contributed by atoms with Crippen LogP contribution in [0.15, 0.2) is 69.9 Å². The predicted octanol–water partition coefficient (Wildman–Crippen LogP) is 4.71. The van der Waals surface area contributed by atoms with E-state index in [0.29, 0.717) is 16.5 Å². The summed E-state index contributed by atoms with van der Waals surface area (Å²) in [5.74, 6) is 1.23. The van der Waals surface area contributed by atoms with Crippen LogP contribution in [0.2, 0.25) is 5.02 Å². The smallest absolute Gasteiger partial charge is 0.338 e. The molecule has 0 saturated heterocycles. The highest BCUT2D eigenvalue weighted by Crippen LogP contribution is 2.25. The van der Waals surface area contributed by atoms with Crippen LogP contribution in [-0.2, 0) is 0 Å². The molecule has 1 aromatic heterocycles. The van der Waals surface area contributed by atoms with Gasteiger partial charge < -0.3 is 14.5 Å². The standard InChI is InChI=1S/C18H14ClNO3/c1-22-16-8-2-12(3-9-16)17-10-15(11-18(21)23-17)20-14-6-4-13(19)5-7-14/h2-11,20H,1H3. The van der Waals surface area contributed by atoms with Crippen LogP contribution in [-0.4, -0.2) is 7.11 Å². The van der Waals surface area contributed by atoms with Gasteiger partial charge in [-0.05, 0) is 48.5 Å². The molecule has 1 heterocycles. The maximum atomic E-state index is 11.8. The second-order valence-electron chi connectivity index (χ2n) is 4.89. The number of ether oxygens (including phenoxy) is 1. The Morgan fingerprint density at radius 3 is 2.30 bits per heavy atom.